The highest BCUT2D eigenvalue weighted by atomic mass is 19.1. The molecule has 1 aliphatic heterocycles. The fourth-order valence-electron chi connectivity index (χ4n) is 3.99. The second kappa shape index (κ2) is 8.21. The van der Waals surface area contributed by atoms with E-state index >= 15 is 0 Å². The molecule has 3 aromatic rings. The number of benzene rings is 3. The van der Waals surface area contributed by atoms with Crippen LogP contribution in [0.15, 0.2) is 72.8 Å². The first kappa shape index (κ1) is 18.8. The van der Waals surface area contributed by atoms with Crippen molar-refractivity contribution in [1.82, 2.24) is 9.80 Å². The maximum Gasteiger partial charge on any atom is 0.129 e. The Morgan fingerprint density at radius 3 is 1.89 bits per heavy atom. The van der Waals surface area contributed by atoms with Crippen molar-refractivity contribution in [2.24, 2.45) is 0 Å². The quantitative estimate of drug-likeness (QED) is 0.595. The Balaban J connectivity index is 1.66. The lowest BCUT2D eigenvalue weighted by Gasteiger charge is -2.31. The highest BCUT2D eigenvalue weighted by molar-refractivity contribution is 5.28. The minimum atomic E-state index is -0.222. The van der Waals surface area contributed by atoms with Crippen LogP contribution in [0.2, 0.25) is 0 Å². The van der Waals surface area contributed by atoms with Crippen LogP contribution in [0.1, 0.15) is 28.4 Å². The summed E-state index contributed by atoms with van der Waals surface area (Å²) in [6.07, 6.45) is -0.222. The molecule has 1 heterocycles. The molecule has 1 atom stereocenters. The third-order valence-electron chi connectivity index (χ3n) is 5.52. The van der Waals surface area contributed by atoms with Gasteiger partial charge in [0.1, 0.15) is 11.6 Å². The van der Waals surface area contributed by atoms with E-state index in [4.69, 9.17) is 0 Å². The summed E-state index contributed by atoms with van der Waals surface area (Å²) in [5.41, 5.74) is 3.74. The van der Waals surface area contributed by atoms with Gasteiger partial charge in [0, 0.05) is 37.3 Å². The third kappa shape index (κ3) is 3.84. The summed E-state index contributed by atoms with van der Waals surface area (Å²) in [5.74, 6) is -0.435. The van der Waals surface area contributed by atoms with Crippen LogP contribution >= 0.6 is 0 Å². The van der Waals surface area contributed by atoms with Gasteiger partial charge in [0.15, 0.2) is 0 Å². The maximum atomic E-state index is 14.7. The second-order valence-electron chi connectivity index (χ2n) is 7.35. The Morgan fingerprint density at radius 2 is 1.25 bits per heavy atom. The van der Waals surface area contributed by atoms with E-state index in [9.17, 15) is 8.78 Å². The molecule has 28 heavy (non-hydrogen) atoms. The minimum Gasteiger partial charge on any atom is -0.278 e. The molecule has 0 spiro atoms. The standard InChI is InChI=1S/C24H24F2N2/c1-18-8-2-3-9-19(18)16-27-14-15-28(17-20-10-4-6-12-22(20)25)24(27)21-11-5-7-13-23(21)26/h2-13,24H,14-17H2,1H3/t24-/m0/s1. The maximum absolute atomic E-state index is 14.7. The third-order valence-corrected chi connectivity index (χ3v) is 5.52. The monoisotopic (exact) mass is 378 g/mol. The van der Waals surface area contributed by atoms with Crippen molar-refractivity contribution < 1.29 is 8.78 Å². The largest absolute Gasteiger partial charge is 0.278 e. The van der Waals surface area contributed by atoms with Crippen LogP contribution in [0, 0.1) is 18.6 Å². The van der Waals surface area contributed by atoms with Gasteiger partial charge in [0.25, 0.3) is 0 Å². The van der Waals surface area contributed by atoms with Crippen molar-refractivity contribution in [1.29, 1.82) is 0 Å². The Bertz CT molecular complexity index is 901. The number of hydrogen-bond acceptors (Lipinski definition) is 2. The molecule has 4 heteroatoms. The van der Waals surface area contributed by atoms with Gasteiger partial charge in [-0.25, -0.2) is 8.78 Å². The van der Waals surface area contributed by atoms with E-state index < -0.39 is 0 Å². The molecule has 0 saturated carbocycles. The molecule has 1 aliphatic rings. The molecule has 4 rings (SSSR count). The lowest BCUT2D eigenvalue weighted by atomic mass is 10.1. The van der Waals surface area contributed by atoms with Crippen molar-refractivity contribution in [3.63, 3.8) is 0 Å². The van der Waals surface area contributed by atoms with Crippen LogP contribution in [0.4, 0.5) is 8.78 Å². The van der Waals surface area contributed by atoms with Gasteiger partial charge in [-0.15, -0.1) is 0 Å². The normalized spacial score (nSPS) is 17.9. The Labute approximate surface area is 165 Å². The van der Waals surface area contributed by atoms with E-state index in [1.165, 1.54) is 23.3 Å². The van der Waals surface area contributed by atoms with Crippen LogP contribution in [0.25, 0.3) is 0 Å². The van der Waals surface area contributed by atoms with Crippen molar-refractivity contribution in [2.75, 3.05) is 13.1 Å². The predicted octanol–water partition coefficient (Wildman–Crippen LogP) is 5.29. The molecule has 144 valence electrons. The molecular formula is C24H24F2N2. The Kier molecular flexibility index (Phi) is 5.51. The van der Waals surface area contributed by atoms with Crippen LogP contribution in [0.5, 0.6) is 0 Å². The smallest absolute Gasteiger partial charge is 0.129 e. The molecule has 1 fully saturated rings. The van der Waals surface area contributed by atoms with Gasteiger partial charge in [0.2, 0.25) is 0 Å². The number of hydrogen-bond donors (Lipinski definition) is 0. The van der Waals surface area contributed by atoms with Gasteiger partial charge in [-0.3, -0.25) is 9.80 Å². The fourth-order valence-corrected chi connectivity index (χ4v) is 3.99. The molecule has 0 unspecified atom stereocenters. The first-order valence-electron chi connectivity index (χ1n) is 9.64. The van der Waals surface area contributed by atoms with Gasteiger partial charge in [-0.1, -0.05) is 60.7 Å². The summed E-state index contributed by atoms with van der Waals surface area (Å²) in [6, 6.07) is 22.0. The van der Waals surface area contributed by atoms with Crippen molar-refractivity contribution in [2.45, 2.75) is 26.2 Å². The highest BCUT2D eigenvalue weighted by Gasteiger charge is 2.35. The Hall–Kier alpha value is -2.56. The van der Waals surface area contributed by atoms with Crippen molar-refractivity contribution in [3.8, 4) is 0 Å². The zero-order valence-corrected chi connectivity index (χ0v) is 16.0. The summed E-state index contributed by atoms with van der Waals surface area (Å²) in [5, 5.41) is 0. The molecule has 2 nitrogen and oxygen atoms in total. The summed E-state index contributed by atoms with van der Waals surface area (Å²) >= 11 is 0. The van der Waals surface area contributed by atoms with Gasteiger partial charge in [0.05, 0.1) is 6.17 Å². The molecule has 0 radical (unpaired) electrons. The summed E-state index contributed by atoms with van der Waals surface area (Å²) in [6.45, 7) is 4.86. The average Bonchev–Trinajstić information content (AvgIpc) is 3.08. The topological polar surface area (TPSA) is 6.48 Å². The van der Waals surface area contributed by atoms with Crippen LogP contribution in [0.3, 0.4) is 0 Å². The number of rotatable bonds is 5. The number of nitrogens with zero attached hydrogens (tertiary/aromatic N) is 2. The highest BCUT2D eigenvalue weighted by Crippen LogP contribution is 2.34. The van der Waals surface area contributed by atoms with E-state index in [1.807, 2.05) is 30.3 Å². The SMILES string of the molecule is Cc1ccccc1CN1CCN(Cc2ccccc2F)[C@H]1c1ccccc1F. The van der Waals surface area contributed by atoms with Crippen LogP contribution in [-0.2, 0) is 13.1 Å². The first-order valence-corrected chi connectivity index (χ1v) is 9.64. The molecule has 0 bridgehead atoms. The first-order chi connectivity index (χ1) is 13.6. The molecular weight excluding hydrogens is 354 g/mol. The summed E-state index contributed by atoms with van der Waals surface area (Å²) in [4.78, 5) is 4.44. The zero-order chi connectivity index (χ0) is 19.5. The van der Waals surface area contributed by atoms with Crippen molar-refractivity contribution in [3.05, 3.63) is 107 Å². The van der Waals surface area contributed by atoms with E-state index in [2.05, 4.69) is 28.9 Å². The number of halogens is 2. The van der Waals surface area contributed by atoms with Gasteiger partial charge >= 0.3 is 0 Å². The second-order valence-corrected chi connectivity index (χ2v) is 7.35. The summed E-state index contributed by atoms with van der Waals surface area (Å²) in [7, 11) is 0. The van der Waals surface area contributed by atoms with E-state index in [0.717, 1.165) is 19.6 Å². The molecule has 0 amide bonds. The van der Waals surface area contributed by atoms with E-state index in [1.54, 1.807) is 18.2 Å². The van der Waals surface area contributed by atoms with Crippen LogP contribution in [-0.4, -0.2) is 22.9 Å². The van der Waals surface area contributed by atoms with Crippen LogP contribution < -0.4 is 0 Å². The molecule has 0 aromatic heterocycles. The van der Waals surface area contributed by atoms with Gasteiger partial charge in [-0.05, 0) is 30.2 Å². The Morgan fingerprint density at radius 1 is 0.714 bits per heavy atom. The summed E-state index contributed by atoms with van der Waals surface area (Å²) < 4.78 is 28.9. The van der Waals surface area contributed by atoms with E-state index in [0.29, 0.717) is 17.7 Å². The predicted molar refractivity (Wildman–Crippen MR) is 108 cm³/mol. The average molecular weight is 378 g/mol. The molecule has 0 N–H and O–H groups in total. The molecule has 1 saturated heterocycles. The molecule has 0 aliphatic carbocycles. The van der Waals surface area contributed by atoms with E-state index in [-0.39, 0.29) is 17.8 Å². The fraction of sp³-hybridized carbons (Fsp3) is 0.250. The lowest BCUT2D eigenvalue weighted by Crippen LogP contribution is -2.31. The van der Waals surface area contributed by atoms with Gasteiger partial charge < -0.3 is 0 Å². The molecule has 3 aromatic carbocycles. The number of aryl methyl sites for hydroxylation is 1. The minimum absolute atomic E-state index is 0.216. The van der Waals surface area contributed by atoms with Crippen molar-refractivity contribution >= 4 is 0 Å². The lowest BCUT2D eigenvalue weighted by molar-refractivity contribution is 0.121. The van der Waals surface area contributed by atoms with Gasteiger partial charge in [-0.2, -0.15) is 0 Å². The zero-order valence-electron chi connectivity index (χ0n) is 16.0.